The molecular formula is C10H12BrNS. The van der Waals surface area contributed by atoms with Gasteiger partial charge in [-0.15, -0.1) is 17.3 Å². The van der Waals surface area contributed by atoms with Crippen LogP contribution in [0, 0.1) is 11.8 Å². The molecule has 0 aliphatic rings. The Labute approximate surface area is 91.7 Å². The topological polar surface area (TPSA) is 12.0 Å². The van der Waals surface area contributed by atoms with Crippen molar-refractivity contribution >= 4 is 27.3 Å². The van der Waals surface area contributed by atoms with Gasteiger partial charge in [0.15, 0.2) is 0 Å². The van der Waals surface area contributed by atoms with Crippen molar-refractivity contribution in [2.45, 2.75) is 19.9 Å². The maximum Gasteiger partial charge on any atom is 0.0581 e. The summed E-state index contributed by atoms with van der Waals surface area (Å²) in [5.41, 5.74) is 0. The molecule has 1 aromatic heterocycles. The maximum absolute atomic E-state index is 3.44. The second-order valence-corrected chi connectivity index (χ2v) is 4.56. The third-order valence-corrected chi connectivity index (χ3v) is 3.56. The van der Waals surface area contributed by atoms with Crippen molar-refractivity contribution < 1.29 is 0 Å². The number of rotatable bonds is 3. The van der Waals surface area contributed by atoms with Crippen LogP contribution in [0.1, 0.15) is 24.8 Å². The highest BCUT2D eigenvalue weighted by atomic mass is 79.9. The second-order valence-electron chi connectivity index (χ2n) is 2.70. The van der Waals surface area contributed by atoms with Gasteiger partial charge in [0.25, 0.3) is 0 Å². The number of thiophene rings is 1. The van der Waals surface area contributed by atoms with Gasteiger partial charge in [0.2, 0.25) is 0 Å². The third kappa shape index (κ3) is 3.51. The predicted molar refractivity (Wildman–Crippen MR) is 61.9 cm³/mol. The number of nitrogens with one attached hydrogen (secondary N) is 1. The summed E-state index contributed by atoms with van der Waals surface area (Å²) in [5, 5.41) is 5.43. The molecule has 1 unspecified atom stereocenters. The lowest BCUT2D eigenvalue weighted by atomic mass is 10.3. The molecule has 0 aromatic carbocycles. The normalized spacial score (nSPS) is 11.9. The number of hydrogen-bond donors (Lipinski definition) is 1. The van der Waals surface area contributed by atoms with E-state index in [0.717, 1.165) is 11.0 Å². The van der Waals surface area contributed by atoms with E-state index in [4.69, 9.17) is 0 Å². The Morgan fingerprint density at radius 1 is 1.69 bits per heavy atom. The summed E-state index contributed by atoms with van der Waals surface area (Å²) < 4.78 is 1.16. The zero-order valence-electron chi connectivity index (χ0n) is 7.73. The van der Waals surface area contributed by atoms with Crippen LogP contribution in [0.2, 0.25) is 0 Å². The predicted octanol–water partition coefficient (Wildman–Crippen LogP) is 3.18. The molecule has 1 rings (SSSR count). The quantitative estimate of drug-likeness (QED) is 0.821. The second kappa shape index (κ2) is 5.43. The van der Waals surface area contributed by atoms with Crippen LogP contribution in [0.4, 0.5) is 0 Å². The Morgan fingerprint density at radius 3 is 3.00 bits per heavy atom. The van der Waals surface area contributed by atoms with E-state index in [-0.39, 0.29) is 0 Å². The first-order chi connectivity index (χ1) is 6.24. The van der Waals surface area contributed by atoms with E-state index in [1.807, 2.05) is 6.92 Å². The fourth-order valence-electron chi connectivity index (χ4n) is 0.948. The minimum Gasteiger partial charge on any atom is -0.299 e. The highest BCUT2D eigenvalue weighted by Crippen LogP contribution is 2.24. The zero-order valence-corrected chi connectivity index (χ0v) is 10.1. The Morgan fingerprint density at radius 2 is 2.46 bits per heavy atom. The van der Waals surface area contributed by atoms with Gasteiger partial charge in [0, 0.05) is 20.8 Å². The van der Waals surface area contributed by atoms with Crippen molar-refractivity contribution in [1.82, 2.24) is 5.32 Å². The van der Waals surface area contributed by atoms with Crippen LogP contribution in [-0.4, -0.2) is 6.54 Å². The number of halogens is 1. The smallest absolute Gasteiger partial charge is 0.0581 e. The summed E-state index contributed by atoms with van der Waals surface area (Å²) in [5.74, 6) is 5.85. The van der Waals surface area contributed by atoms with Crippen LogP contribution < -0.4 is 5.32 Å². The Balaban J connectivity index is 2.47. The molecule has 1 atom stereocenters. The monoisotopic (exact) mass is 257 g/mol. The summed E-state index contributed by atoms with van der Waals surface area (Å²) in [6, 6.07) is 2.53. The molecule has 0 fully saturated rings. The minimum atomic E-state index is 0.386. The Kier molecular flexibility index (Phi) is 4.51. The summed E-state index contributed by atoms with van der Waals surface area (Å²) in [6.45, 7) is 4.76. The van der Waals surface area contributed by atoms with Gasteiger partial charge in [-0.25, -0.2) is 0 Å². The lowest BCUT2D eigenvalue weighted by molar-refractivity contribution is 0.633. The molecule has 13 heavy (non-hydrogen) atoms. The van der Waals surface area contributed by atoms with E-state index >= 15 is 0 Å². The van der Waals surface area contributed by atoms with E-state index in [2.05, 4.69) is 51.5 Å². The van der Waals surface area contributed by atoms with E-state index < -0.39 is 0 Å². The molecule has 0 aliphatic heterocycles. The highest BCUT2D eigenvalue weighted by molar-refractivity contribution is 9.10. The van der Waals surface area contributed by atoms with E-state index in [1.54, 1.807) is 11.3 Å². The molecule has 0 spiro atoms. The van der Waals surface area contributed by atoms with Crippen molar-refractivity contribution in [3.05, 3.63) is 20.8 Å². The molecule has 1 N–H and O–H groups in total. The van der Waals surface area contributed by atoms with Crippen LogP contribution in [0.5, 0.6) is 0 Å². The van der Waals surface area contributed by atoms with Gasteiger partial charge in [-0.3, -0.25) is 5.32 Å². The van der Waals surface area contributed by atoms with Crippen LogP contribution in [0.15, 0.2) is 15.9 Å². The fourth-order valence-corrected chi connectivity index (χ4v) is 2.43. The van der Waals surface area contributed by atoms with Crippen molar-refractivity contribution in [1.29, 1.82) is 0 Å². The molecule has 3 heteroatoms. The molecule has 1 aromatic rings. The molecule has 0 saturated carbocycles. The van der Waals surface area contributed by atoms with Crippen molar-refractivity contribution in [2.75, 3.05) is 6.54 Å². The van der Waals surface area contributed by atoms with Crippen molar-refractivity contribution in [3.8, 4) is 11.8 Å². The zero-order chi connectivity index (χ0) is 9.68. The average Bonchev–Trinajstić information content (AvgIpc) is 2.52. The third-order valence-electron chi connectivity index (χ3n) is 1.69. The largest absolute Gasteiger partial charge is 0.299 e. The summed E-state index contributed by atoms with van der Waals surface area (Å²) in [7, 11) is 0. The lowest BCUT2D eigenvalue weighted by Gasteiger charge is -2.08. The van der Waals surface area contributed by atoms with Gasteiger partial charge in [-0.1, -0.05) is 5.92 Å². The van der Waals surface area contributed by atoms with Gasteiger partial charge < -0.3 is 0 Å². The van der Waals surface area contributed by atoms with E-state index in [1.165, 1.54) is 4.88 Å². The van der Waals surface area contributed by atoms with Crippen molar-refractivity contribution in [3.63, 3.8) is 0 Å². The first kappa shape index (κ1) is 10.8. The Hall–Kier alpha value is -0.300. The molecule has 0 aliphatic carbocycles. The molecule has 0 saturated heterocycles. The summed E-state index contributed by atoms with van der Waals surface area (Å²) >= 11 is 5.20. The summed E-state index contributed by atoms with van der Waals surface area (Å²) in [4.78, 5) is 1.34. The molecule has 0 bridgehead atoms. The first-order valence-corrected chi connectivity index (χ1v) is 5.78. The van der Waals surface area contributed by atoms with Crippen LogP contribution >= 0.6 is 27.3 Å². The van der Waals surface area contributed by atoms with Gasteiger partial charge in [-0.2, -0.15) is 0 Å². The standard InChI is InChI=1S/C10H12BrNS/c1-3-4-5-12-8(2)10-6-9(11)7-13-10/h6-8,12H,5H2,1-2H3. The van der Waals surface area contributed by atoms with Crippen molar-refractivity contribution in [2.24, 2.45) is 0 Å². The van der Waals surface area contributed by atoms with E-state index in [0.29, 0.717) is 6.04 Å². The van der Waals surface area contributed by atoms with E-state index in [9.17, 15) is 0 Å². The minimum absolute atomic E-state index is 0.386. The SMILES string of the molecule is CC#CCNC(C)c1cc(Br)cs1. The molecular weight excluding hydrogens is 246 g/mol. The lowest BCUT2D eigenvalue weighted by Crippen LogP contribution is -2.17. The number of hydrogen-bond acceptors (Lipinski definition) is 2. The first-order valence-electron chi connectivity index (χ1n) is 4.11. The van der Waals surface area contributed by atoms with Gasteiger partial charge in [0.1, 0.15) is 0 Å². The average molecular weight is 258 g/mol. The van der Waals surface area contributed by atoms with Crippen LogP contribution in [-0.2, 0) is 0 Å². The van der Waals surface area contributed by atoms with Gasteiger partial charge in [-0.05, 0) is 35.8 Å². The van der Waals surface area contributed by atoms with Gasteiger partial charge in [0.05, 0.1) is 6.54 Å². The van der Waals surface area contributed by atoms with Crippen LogP contribution in [0.3, 0.4) is 0 Å². The molecule has 1 heterocycles. The fraction of sp³-hybridized carbons (Fsp3) is 0.400. The van der Waals surface area contributed by atoms with Gasteiger partial charge >= 0.3 is 0 Å². The molecule has 1 nitrogen and oxygen atoms in total. The summed E-state index contributed by atoms with van der Waals surface area (Å²) in [6.07, 6.45) is 0. The maximum atomic E-state index is 3.44. The molecule has 70 valence electrons. The highest BCUT2D eigenvalue weighted by Gasteiger charge is 2.05. The van der Waals surface area contributed by atoms with Crippen LogP contribution in [0.25, 0.3) is 0 Å². The molecule has 0 radical (unpaired) electrons. The Bertz CT molecular complexity index is 321. The molecule has 0 amide bonds.